The molecule has 1 aliphatic rings. The summed E-state index contributed by atoms with van der Waals surface area (Å²) in [5, 5.41) is 14.2. The fourth-order valence-electron chi connectivity index (χ4n) is 4.01. The first-order valence-electron chi connectivity index (χ1n) is 10.3. The minimum atomic E-state index is -0.157. The summed E-state index contributed by atoms with van der Waals surface area (Å²) in [5.41, 5.74) is 1.98. The second kappa shape index (κ2) is 10.1. The lowest BCUT2D eigenvalue weighted by atomic mass is 10.1. The van der Waals surface area contributed by atoms with Gasteiger partial charge in [0.2, 0.25) is 5.91 Å². The molecule has 2 N–H and O–H groups in total. The minimum Gasteiger partial charge on any atom is -0.508 e. The van der Waals surface area contributed by atoms with Crippen LogP contribution in [0.2, 0.25) is 5.02 Å². The van der Waals surface area contributed by atoms with Gasteiger partial charge in [0.15, 0.2) is 0 Å². The molecular weight excluding hydrogens is 386 g/mol. The van der Waals surface area contributed by atoms with Crippen molar-refractivity contribution in [2.45, 2.75) is 45.4 Å². The first kappa shape index (κ1) is 21.6. The van der Waals surface area contributed by atoms with E-state index in [0.717, 1.165) is 24.1 Å². The van der Waals surface area contributed by atoms with E-state index in [0.29, 0.717) is 37.0 Å². The lowest BCUT2D eigenvalue weighted by molar-refractivity contribution is -0.135. The zero-order chi connectivity index (χ0) is 20.8. The molecule has 1 fully saturated rings. The lowest BCUT2D eigenvalue weighted by Gasteiger charge is -2.28. The number of rotatable bonds is 8. The van der Waals surface area contributed by atoms with Gasteiger partial charge in [-0.25, -0.2) is 0 Å². The number of phenolic OH excluding ortho intramolecular Hbond substituents is 1. The van der Waals surface area contributed by atoms with Crippen LogP contribution in [-0.4, -0.2) is 52.5 Å². The van der Waals surface area contributed by atoms with Gasteiger partial charge >= 0.3 is 0 Å². The molecule has 0 radical (unpaired) electrons. The highest BCUT2D eigenvalue weighted by molar-refractivity contribution is 6.30. The van der Waals surface area contributed by atoms with Crippen molar-refractivity contribution in [3.63, 3.8) is 0 Å². The zero-order valence-corrected chi connectivity index (χ0v) is 17.9. The van der Waals surface area contributed by atoms with Gasteiger partial charge in [-0.15, -0.1) is 0 Å². The van der Waals surface area contributed by atoms with Gasteiger partial charge in [-0.05, 0) is 44.0 Å². The third kappa shape index (κ3) is 5.50. The Labute approximate surface area is 178 Å². The van der Waals surface area contributed by atoms with E-state index in [-0.39, 0.29) is 18.0 Å². The maximum Gasteiger partial charge on any atom is 0.239 e. The SMILES string of the molecule is CCN(CC)C(=O)[C@@H]1C[C@@H](NCc2ccccc2O)CN1Cc1cccc(Cl)c1. The molecule has 0 spiro atoms. The van der Waals surface area contributed by atoms with Gasteiger partial charge in [0.25, 0.3) is 0 Å². The number of aromatic hydroxyl groups is 1. The fourth-order valence-corrected chi connectivity index (χ4v) is 4.23. The fraction of sp³-hybridized carbons (Fsp3) is 0.435. The molecule has 1 amide bonds. The van der Waals surface area contributed by atoms with Crippen molar-refractivity contribution in [3.8, 4) is 5.75 Å². The van der Waals surface area contributed by atoms with Crippen molar-refractivity contribution in [2.24, 2.45) is 0 Å². The van der Waals surface area contributed by atoms with E-state index < -0.39 is 0 Å². The van der Waals surface area contributed by atoms with E-state index in [1.165, 1.54) is 0 Å². The minimum absolute atomic E-state index is 0.157. The van der Waals surface area contributed by atoms with Crippen LogP contribution < -0.4 is 5.32 Å². The number of hydrogen-bond acceptors (Lipinski definition) is 4. The topological polar surface area (TPSA) is 55.8 Å². The molecule has 0 aliphatic carbocycles. The standard InChI is InChI=1S/C23H30ClN3O2/c1-3-26(4-2)23(29)21-13-20(25-14-18-9-5-6-11-22(18)28)16-27(21)15-17-8-7-10-19(24)12-17/h5-12,20-21,25,28H,3-4,13-16H2,1-2H3/t20-,21+/m1/s1. The van der Waals surface area contributed by atoms with Crippen molar-refractivity contribution in [2.75, 3.05) is 19.6 Å². The van der Waals surface area contributed by atoms with E-state index in [1.807, 2.05) is 61.2 Å². The van der Waals surface area contributed by atoms with Crippen molar-refractivity contribution >= 4 is 17.5 Å². The summed E-state index contributed by atoms with van der Waals surface area (Å²) in [6.45, 7) is 7.51. The molecule has 2 aromatic carbocycles. The number of likely N-dealkylation sites (N-methyl/N-ethyl adjacent to an activating group) is 1. The van der Waals surface area contributed by atoms with Crippen molar-refractivity contribution in [1.82, 2.24) is 15.1 Å². The Balaban J connectivity index is 1.72. The average Bonchev–Trinajstić information content (AvgIpc) is 3.11. The van der Waals surface area contributed by atoms with Gasteiger partial charge in [-0.1, -0.05) is 41.9 Å². The Morgan fingerprint density at radius 3 is 2.66 bits per heavy atom. The molecule has 0 bridgehead atoms. The number of amides is 1. The quantitative estimate of drug-likeness (QED) is 0.691. The van der Waals surface area contributed by atoms with Crippen LogP contribution in [0.5, 0.6) is 5.75 Å². The van der Waals surface area contributed by atoms with Crippen LogP contribution in [0.1, 0.15) is 31.4 Å². The van der Waals surface area contributed by atoms with E-state index in [9.17, 15) is 9.90 Å². The number of nitrogens with one attached hydrogen (secondary N) is 1. The normalized spacial score (nSPS) is 19.4. The number of halogens is 1. The number of para-hydroxylation sites is 1. The highest BCUT2D eigenvalue weighted by Gasteiger charge is 2.38. The maximum absolute atomic E-state index is 13.1. The van der Waals surface area contributed by atoms with E-state index in [1.54, 1.807) is 6.07 Å². The predicted octanol–water partition coefficient (Wildman–Crippen LogP) is 3.65. The van der Waals surface area contributed by atoms with E-state index in [4.69, 9.17) is 11.6 Å². The van der Waals surface area contributed by atoms with Crippen molar-refractivity contribution < 1.29 is 9.90 Å². The van der Waals surface area contributed by atoms with E-state index in [2.05, 4.69) is 10.2 Å². The molecule has 1 saturated heterocycles. The van der Waals surface area contributed by atoms with Crippen LogP contribution in [0.4, 0.5) is 0 Å². The molecule has 3 rings (SSSR count). The molecule has 6 heteroatoms. The Morgan fingerprint density at radius 1 is 1.21 bits per heavy atom. The Bertz CT molecular complexity index is 825. The largest absolute Gasteiger partial charge is 0.508 e. The Hall–Kier alpha value is -2.08. The number of benzene rings is 2. The third-order valence-corrected chi connectivity index (χ3v) is 5.85. The molecule has 0 unspecified atom stereocenters. The molecule has 5 nitrogen and oxygen atoms in total. The second-order valence-corrected chi connectivity index (χ2v) is 7.96. The average molecular weight is 416 g/mol. The van der Waals surface area contributed by atoms with Crippen LogP contribution in [0.3, 0.4) is 0 Å². The van der Waals surface area contributed by atoms with E-state index >= 15 is 0 Å². The number of phenols is 1. The summed E-state index contributed by atoms with van der Waals surface area (Å²) >= 11 is 6.16. The molecule has 156 valence electrons. The lowest BCUT2D eigenvalue weighted by Crippen LogP contribution is -2.45. The summed E-state index contributed by atoms with van der Waals surface area (Å²) in [6.07, 6.45) is 0.753. The highest BCUT2D eigenvalue weighted by Crippen LogP contribution is 2.25. The second-order valence-electron chi connectivity index (χ2n) is 7.53. The Kier molecular flexibility index (Phi) is 7.53. The summed E-state index contributed by atoms with van der Waals surface area (Å²) in [5.74, 6) is 0.480. The van der Waals surface area contributed by atoms with Crippen LogP contribution in [0.25, 0.3) is 0 Å². The number of carbonyl (C=O) groups is 1. The zero-order valence-electron chi connectivity index (χ0n) is 17.1. The Morgan fingerprint density at radius 2 is 1.97 bits per heavy atom. The molecule has 1 aliphatic heterocycles. The highest BCUT2D eigenvalue weighted by atomic mass is 35.5. The van der Waals surface area contributed by atoms with Crippen molar-refractivity contribution in [3.05, 3.63) is 64.7 Å². The molecule has 0 saturated carbocycles. The number of nitrogens with zero attached hydrogens (tertiary/aromatic N) is 2. The first-order valence-corrected chi connectivity index (χ1v) is 10.7. The van der Waals surface area contributed by atoms with Gasteiger partial charge in [0.05, 0.1) is 6.04 Å². The smallest absolute Gasteiger partial charge is 0.239 e. The monoisotopic (exact) mass is 415 g/mol. The van der Waals surface area contributed by atoms with Crippen LogP contribution >= 0.6 is 11.6 Å². The number of likely N-dealkylation sites (tertiary alicyclic amines) is 1. The van der Waals surface area contributed by atoms with Crippen LogP contribution in [0, 0.1) is 0 Å². The molecule has 0 aromatic heterocycles. The predicted molar refractivity (Wildman–Crippen MR) is 117 cm³/mol. The van der Waals surface area contributed by atoms with Gasteiger partial charge in [-0.3, -0.25) is 9.69 Å². The van der Waals surface area contributed by atoms with Gasteiger partial charge in [0.1, 0.15) is 5.75 Å². The first-order chi connectivity index (χ1) is 14.0. The molecule has 1 heterocycles. The summed E-state index contributed by atoms with van der Waals surface area (Å²) < 4.78 is 0. The summed E-state index contributed by atoms with van der Waals surface area (Å²) in [4.78, 5) is 17.3. The van der Waals surface area contributed by atoms with Crippen molar-refractivity contribution in [1.29, 1.82) is 0 Å². The summed E-state index contributed by atoms with van der Waals surface area (Å²) in [6, 6.07) is 15.2. The van der Waals surface area contributed by atoms with Crippen LogP contribution in [0.15, 0.2) is 48.5 Å². The van der Waals surface area contributed by atoms with Gasteiger partial charge in [0, 0.05) is 49.4 Å². The maximum atomic E-state index is 13.1. The molecule has 2 atom stereocenters. The van der Waals surface area contributed by atoms with Gasteiger partial charge < -0.3 is 15.3 Å². The molecule has 2 aromatic rings. The number of hydrogen-bond donors (Lipinski definition) is 2. The van der Waals surface area contributed by atoms with Crippen LogP contribution in [-0.2, 0) is 17.9 Å². The third-order valence-electron chi connectivity index (χ3n) is 5.61. The summed E-state index contributed by atoms with van der Waals surface area (Å²) in [7, 11) is 0. The van der Waals surface area contributed by atoms with Gasteiger partial charge in [-0.2, -0.15) is 0 Å². The molecule has 29 heavy (non-hydrogen) atoms. The molecular formula is C23H30ClN3O2. The number of carbonyl (C=O) groups excluding carboxylic acids is 1.